The molecule has 2 amide bonds. The minimum atomic E-state index is -5.53. The van der Waals surface area contributed by atoms with Crippen LogP contribution >= 0.6 is 15.2 Å². The summed E-state index contributed by atoms with van der Waals surface area (Å²) in [6.07, 6.45) is 8.63. The zero-order valence-corrected chi connectivity index (χ0v) is 28.9. The Morgan fingerprint density at radius 1 is 0.894 bits per heavy atom. The lowest BCUT2D eigenvalue weighted by molar-refractivity contribution is -0.159. The maximum Gasteiger partial charge on any atom is 0.369 e. The van der Waals surface area contributed by atoms with Gasteiger partial charge in [0.15, 0.2) is 0 Å². The summed E-state index contributed by atoms with van der Waals surface area (Å²) in [5, 5.41) is 33.8. The molecule has 0 radical (unpaired) electrons. The highest BCUT2D eigenvalue weighted by molar-refractivity contribution is 7.72. The van der Waals surface area contributed by atoms with E-state index in [1.165, 1.54) is 11.1 Å². The number of aliphatic hydroxyl groups is 2. The fourth-order valence-corrected chi connectivity index (χ4v) is 10.8. The average Bonchev–Trinajstić information content (AvgIpc) is 3.27. The third kappa shape index (κ3) is 7.99. The van der Waals surface area contributed by atoms with Crippen LogP contribution < -0.4 is 10.6 Å². The number of carbonyl (C=O) groups is 2. The molecule has 13 nitrogen and oxygen atoms in total. The number of nitrogens with one attached hydrogen (secondary N) is 2. The van der Waals surface area contributed by atoms with E-state index in [4.69, 9.17) is 19.6 Å². The molecule has 0 bridgehead atoms. The van der Waals surface area contributed by atoms with Crippen molar-refractivity contribution >= 4 is 27.0 Å². The Kier molecular flexibility index (Phi) is 12.1. The molecule has 15 heteroatoms. The van der Waals surface area contributed by atoms with Crippen molar-refractivity contribution in [1.82, 2.24) is 10.6 Å². The molecule has 9 N–H and O–H groups in total. The van der Waals surface area contributed by atoms with Crippen LogP contribution in [0, 0.1) is 17.3 Å². The second kappa shape index (κ2) is 15.0. The lowest BCUT2D eigenvalue weighted by atomic mass is 9.53. The molecular formula is C32H52N2O11P2. The molecule has 1 aromatic rings. The van der Waals surface area contributed by atoms with Crippen molar-refractivity contribution in [2.75, 3.05) is 13.1 Å². The van der Waals surface area contributed by atoms with Crippen LogP contribution in [0.2, 0.25) is 0 Å². The summed E-state index contributed by atoms with van der Waals surface area (Å²) in [5.41, 5.74) is 0.713. The van der Waals surface area contributed by atoms with Gasteiger partial charge < -0.3 is 45.5 Å². The molecule has 3 unspecified atom stereocenters. The first kappa shape index (κ1) is 38.0. The third-order valence-electron chi connectivity index (χ3n) is 11.3. The van der Waals surface area contributed by atoms with Crippen LogP contribution in [0.5, 0.6) is 5.75 Å². The number of carbonyl (C=O) groups excluding carboxylic acids is 2. The molecule has 0 heterocycles. The Morgan fingerprint density at radius 2 is 1.51 bits per heavy atom. The number of phenolic OH excluding ortho intramolecular Hbond substituents is 1. The number of aromatic hydroxyl groups is 1. The minimum absolute atomic E-state index is 0.245. The van der Waals surface area contributed by atoms with Crippen LogP contribution in [0.15, 0.2) is 18.2 Å². The quantitative estimate of drug-likeness (QED) is 0.0889. The van der Waals surface area contributed by atoms with Gasteiger partial charge in [0, 0.05) is 31.3 Å². The van der Waals surface area contributed by atoms with Crippen molar-refractivity contribution in [2.24, 2.45) is 17.3 Å². The van der Waals surface area contributed by atoms with Gasteiger partial charge in [0.05, 0.1) is 0 Å². The number of unbranched alkanes of at least 4 members (excludes halogenated alkanes) is 5. The van der Waals surface area contributed by atoms with Gasteiger partial charge in [0.2, 0.25) is 5.91 Å². The number of amides is 2. The van der Waals surface area contributed by atoms with Crippen molar-refractivity contribution in [2.45, 2.75) is 120 Å². The number of hydrogen-bond acceptors (Lipinski definition) is 7. The van der Waals surface area contributed by atoms with Crippen LogP contribution in [-0.2, 0) is 25.1 Å². The zero-order valence-electron chi connectivity index (χ0n) is 27.1. The van der Waals surface area contributed by atoms with Crippen molar-refractivity contribution in [1.29, 1.82) is 0 Å². The lowest BCUT2D eigenvalue weighted by Gasteiger charge is -2.52. The van der Waals surface area contributed by atoms with Crippen LogP contribution in [0.1, 0.15) is 114 Å². The smallest absolute Gasteiger partial charge is 0.369 e. The predicted molar refractivity (Wildman–Crippen MR) is 174 cm³/mol. The van der Waals surface area contributed by atoms with Gasteiger partial charge in [0.1, 0.15) is 11.4 Å². The second-order valence-electron chi connectivity index (χ2n) is 14.1. The normalized spacial score (nSPS) is 27.4. The first-order chi connectivity index (χ1) is 21.9. The molecule has 2 fully saturated rings. The van der Waals surface area contributed by atoms with Gasteiger partial charge >= 0.3 is 15.2 Å². The van der Waals surface area contributed by atoms with Gasteiger partial charge in [-0.3, -0.25) is 18.7 Å². The molecule has 3 aliphatic rings. The number of phenols is 1. The van der Waals surface area contributed by atoms with Crippen LogP contribution in [0.4, 0.5) is 0 Å². The molecular weight excluding hydrogens is 650 g/mol. The Labute approximate surface area is 276 Å². The maximum atomic E-state index is 13.4. The third-order valence-corrected chi connectivity index (χ3v) is 15.2. The number of hydrogen-bond donors (Lipinski definition) is 9. The van der Waals surface area contributed by atoms with E-state index in [2.05, 4.69) is 23.6 Å². The largest absolute Gasteiger partial charge is 0.508 e. The van der Waals surface area contributed by atoms with Gasteiger partial charge in [0.25, 0.3) is 11.0 Å². The monoisotopic (exact) mass is 702 g/mol. The summed E-state index contributed by atoms with van der Waals surface area (Å²) in [6.45, 7) is 2.99. The fourth-order valence-electron chi connectivity index (χ4n) is 8.53. The standard InChI is InChI=1S/C32H52N2O11P2/c1-30-17-14-25-24-13-11-23(35)21-22(24)10-12-26(25)27(30)15-18-31(30,38)29(37)34-20-7-5-3-2-4-6-19-33-28(36)9-8-16-32(39,46(40,41)42)47(43,44)45/h11,13,21,25-27,35,38-39H,2-10,12,14-20H2,1H3,(H,33,36)(H,34,37)(H2,40,41,42)(H2,43,44,45)/t25?,26?,27?,30-,31-/m0/s1. The van der Waals surface area contributed by atoms with Crippen LogP contribution in [0.25, 0.3) is 0 Å². The summed E-state index contributed by atoms with van der Waals surface area (Å²) < 4.78 is 22.8. The molecule has 2 saturated carbocycles. The average molecular weight is 703 g/mol. The molecule has 0 aromatic heterocycles. The van der Waals surface area contributed by atoms with Crippen molar-refractivity contribution in [3.8, 4) is 5.75 Å². The molecule has 47 heavy (non-hydrogen) atoms. The maximum absolute atomic E-state index is 13.4. The highest BCUT2D eigenvalue weighted by Gasteiger charge is 2.64. The highest BCUT2D eigenvalue weighted by Crippen LogP contribution is 2.69. The number of aryl methyl sites for hydroxylation is 1. The van der Waals surface area contributed by atoms with Gasteiger partial charge in [-0.05, 0) is 98.8 Å². The van der Waals surface area contributed by atoms with E-state index in [9.17, 15) is 34.0 Å². The Bertz CT molecular complexity index is 1360. The van der Waals surface area contributed by atoms with Gasteiger partial charge in [-0.1, -0.05) is 38.7 Å². The van der Waals surface area contributed by atoms with Crippen molar-refractivity contribution in [3.05, 3.63) is 29.3 Å². The summed E-state index contributed by atoms with van der Waals surface area (Å²) >= 11 is 0. The number of fused-ring (bicyclic) bond motifs is 5. The van der Waals surface area contributed by atoms with Gasteiger partial charge in [-0.25, -0.2) is 0 Å². The highest BCUT2D eigenvalue weighted by atomic mass is 31.2. The molecule has 0 aliphatic heterocycles. The summed E-state index contributed by atoms with van der Waals surface area (Å²) in [5.74, 6) is 0.724. The SMILES string of the molecule is C[C@]12CCC3c4ccc(O)cc4CCC3C1CC[C@]2(O)C(=O)NCCCCCCCCNC(=O)CCCC(O)(P(=O)(O)O)P(=O)(O)O. The second-order valence-corrected chi connectivity index (χ2v) is 18.1. The van der Waals surface area contributed by atoms with E-state index in [1.807, 2.05) is 6.07 Å². The fraction of sp³-hybridized carbons (Fsp3) is 0.750. The lowest BCUT2D eigenvalue weighted by Crippen LogP contribution is -2.58. The first-order valence-electron chi connectivity index (χ1n) is 16.9. The molecule has 5 atom stereocenters. The Morgan fingerprint density at radius 3 is 2.15 bits per heavy atom. The van der Waals surface area contributed by atoms with E-state index in [0.717, 1.165) is 64.2 Å². The molecule has 266 valence electrons. The first-order valence-corrected chi connectivity index (χ1v) is 20.1. The molecule has 3 aliphatic carbocycles. The van der Waals surface area contributed by atoms with E-state index in [1.54, 1.807) is 6.07 Å². The van der Waals surface area contributed by atoms with Crippen LogP contribution in [0.3, 0.4) is 0 Å². The van der Waals surface area contributed by atoms with Crippen molar-refractivity contribution < 1.29 is 53.6 Å². The number of rotatable bonds is 16. The van der Waals surface area contributed by atoms with Gasteiger partial charge in [-0.15, -0.1) is 0 Å². The van der Waals surface area contributed by atoms with Gasteiger partial charge in [-0.2, -0.15) is 0 Å². The zero-order chi connectivity index (χ0) is 34.7. The summed E-state index contributed by atoms with van der Waals surface area (Å²) in [7, 11) is -11.1. The topological polar surface area (TPSA) is 234 Å². The van der Waals surface area contributed by atoms with E-state index in [0.29, 0.717) is 43.5 Å². The van der Waals surface area contributed by atoms with Crippen LogP contribution in [-0.4, -0.2) is 70.5 Å². The number of benzene rings is 1. The molecule has 4 rings (SSSR count). The molecule has 0 saturated heterocycles. The van der Waals surface area contributed by atoms with E-state index >= 15 is 0 Å². The molecule has 0 spiro atoms. The van der Waals surface area contributed by atoms with E-state index in [-0.39, 0.29) is 24.7 Å². The molecule has 1 aromatic carbocycles. The minimum Gasteiger partial charge on any atom is -0.508 e. The predicted octanol–water partition coefficient (Wildman–Crippen LogP) is 3.72. The Balaban J connectivity index is 1.09. The van der Waals surface area contributed by atoms with Crippen molar-refractivity contribution in [3.63, 3.8) is 0 Å². The summed E-state index contributed by atoms with van der Waals surface area (Å²) in [6, 6.07) is 5.71. The van der Waals surface area contributed by atoms with E-state index < -0.39 is 43.6 Å². The summed E-state index contributed by atoms with van der Waals surface area (Å²) in [4.78, 5) is 62.0. The Hall–Kier alpha value is -1.82.